The van der Waals surface area contributed by atoms with E-state index in [4.69, 9.17) is 5.11 Å². The Morgan fingerprint density at radius 1 is 1.35 bits per heavy atom. The summed E-state index contributed by atoms with van der Waals surface area (Å²) >= 11 is 0. The maximum atomic E-state index is 11.4. The molecule has 1 aliphatic carbocycles. The van der Waals surface area contributed by atoms with Gasteiger partial charge in [-0.1, -0.05) is 20.3 Å². The number of carbonyl (C=O) groups excluding carboxylic acids is 1. The minimum atomic E-state index is -0.894. The van der Waals surface area contributed by atoms with Gasteiger partial charge in [-0.05, 0) is 24.7 Å². The molecule has 0 aromatic rings. The maximum Gasteiger partial charge on any atom is 0.314 e. The third-order valence-corrected chi connectivity index (χ3v) is 3.35. The van der Waals surface area contributed by atoms with Crippen LogP contribution >= 0.6 is 0 Å². The number of carboxylic acids is 1. The van der Waals surface area contributed by atoms with Gasteiger partial charge < -0.3 is 15.7 Å². The van der Waals surface area contributed by atoms with E-state index in [2.05, 4.69) is 17.6 Å². The quantitative estimate of drug-likeness (QED) is 0.682. The number of nitrogens with one attached hydrogen (secondary N) is 2. The number of carboxylic acid groups (broad SMARTS) is 1. The summed E-state index contributed by atoms with van der Waals surface area (Å²) in [6, 6.07) is -0.266. The molecule has 1 saturated carbocycles. The lowest BCUT2D eigenvalue weighted by atomic mass is 10.1. The molecule has 0 radical (unpaired) electrons. The summed E-state index contributed by atoms with van der Waals surface area (Å²) in [7, 11) is 0. The Hall–Kier alpha value is -1.26. The normalized spacial score (nSPS) is 25.3. The lowest BCUT2D eigenvalue weighted by Gasteiger charge is -2.13. The summed E-state index contributed by atoms with van der Waals surface area (Å²) in [5.74, 6) is -0.105. The first-order valence-electron chi connectivity index (χ1n) is 6.23. The fourth-order valence-electron chi connectivity index (χ4n) is 2.14. The van der Waals surface area contributed by atoms with Gasteiger partial charge in [0.05, 0.1) is 5.92 Å². The molecule has 5 nitrogen and oxygen atoms in total. The minimum Gasteiger partial charge on any atom is -0.481 e. The molecule has 0 aromatic heterocycles. The predicted molar refractivity (Wildman–Crippen MR) is 64.7 cm³/mol. The van der Waals surface area contributed by atoms with Crippen molar-refractivity contribution in [1.29, 1.82) is 0 Å². The Morgan fingerprint density at radius 2 is 2.06 bits per heavy atom. The Kier molecular flexibility index (Phi) is 5.25. The Balaban J connectivity index is 2.11. The highest BCUT2D eigenvalue weighted by Crippen LogP contribution is 2.29. The van der Waals surface area contributed by atoms with Gasteiger partial charge in [-0.3, -0.25) is 4.79 Å². The van der Waals surface area contributed by atoms with E-state index in [9.17, 15) is 9.59 Å². The number of hydrogen-bond acceptors (Lipinski definition) is 2. The van der Waals surface area contributed by atoms with Gasteiger partial charge in [0.1, 0.15) is 0 Å². The van der Waals surface area contributed by atoms with Crippen molar-refractivity contribution in [3.8, 4) is 0 Å². The van der Waals surface area contributed by atoms with E-state index in [1.165, 1.54) is 19.3 Å². The molecule has 1 rings (SSSR count). The Morgan fingerprint density at radius 3 is 2.59 bits per heavy atom. The molecule has 0 bridgehead atoms. The predicted octanol–water partition coefficient (Wildman–Crippen LogP) is 1.44. The highest BCUT2D eigenvalue weighted by atomic mass is 16.4. The second kappa shape index (κ2) is 6.47. The zero-order chi connectivity index (χ0) is 12.8. The van der Waals surface area contributed by atoms with Gasteiger partial charge >= 0.3 is 12.0 Å². The van der Waals surface area contributed by atoms with Gasteiger partial charge in [-0.25, -0.2) is 4.79 Å². The van der Waals surface area contributed by atoms with Crippen molar-refractivity contribution in [2.24, 2.45) is 17.8 Å². The number of carbonyl (C=O) groups is 2. The first-order valence-corrected chi connectivity index (χ1v) is 6.23. The van der Waals surface area contributed by atoms with Gasteiger partial charge in [-0.15, -0.1) is 0 Å². The smallest absolute Gasteiger partial charge is 0.314 e. The van der Waals surface area contributed by atoms with E-state index in [-0.39, 0.29) is 12.6 Å². The molecule has 2 amide bonds. The highest BCUT2D eigenvalue weighted by molar-refractivity contribution is 5.75. The molecule has 0 aliphatic heterocycles. The van der Waals surface area contributed by atoms with Crippen LogP contribution in [-0.2, 0) is 4.79 Å². The van der Waals surface area contributed by atoms with E-state index >= 15 is 0 Å². The SMILES string of the molecule is CC1CCC(CNC(=O)NCC(C)C(=O)O)C1. The number of urea groups is 1. The van der Waals surface area contributed by atoms with E-state index in [1.807, 2.05) is 0 Å². The van der Waals surface area contributed by atoms with Crippen LogP contribution in [0.1, 0.15) is 33.1 Å². The van der Waals surface area contributed by atoms with Crippen LogP contribution in [0.5, 0.6) is 0 Å². The van der Waals surface area contributed by atoms with Crippen molar-refractivity contribution in [2.75, 3.05) is 13.1 Å². The van der Waals surface area contributed by atoms with Gasteiger partial charge in [0.25, 0.3) is 0 Å². The molecule has 1 fully saturated rings. The zero-order valence-corrected chi connectivity index (χ0v) is 10.5. The van der Waals surface area contributed by atoms with Crippen LogP contribution in [-0.4, -0.2) is 30.2 Å². The van der Waals surface area contributed by atoms with Gasteiger partial charge in [0.2, 0.25) is 0 Å². The third-order valence-electron chi connectivity index (χ3n) is 3.35. The number of aliphatic carboxylic acids is 1. The number of hydrogen-bond donors (Lipinski definition) is 3. The molecule has 3 unspecified atom stereocenters. The summed E-state index contributed by atoms with van der Waals surface area (Å²) in [6.07, 6.45) is 3.59. The number of amides is 2. The molecule has 98 valence electrons. The monoisotopic (exact) mass is 242 g/mol. The van der Waals surface area contributed by atoms with Crippen LogP contribution in [0.2, 0.25) is 0 Å². The van der Waals surface area contributed by atoms with Crippen molar-refractivity contribution in [1.82, 2.24) is 10.6 Å². The molecule has 0 saturated heterocycles. The summed E-state index contributed by atoms with van der Waals surface area (Å²) < 4.78 is 0. The Bertz CT molecular complexity index is 281. The van der Waals surface area contributed by atoms with Crippen molar-refractivity contribution < 1.29 is 14.7 Å². The second-order valence-electron chi connectivity index (χ2n) is 5.11. The molecule has 0 aromatic carbocycles. The standard InChI is InChI=1S/C12H22N2O3/c1-8-3-4-10(5-8)7-14-12(17)13-6-9(2)11(15)16/h8-10H,3-7H2,1-2H3,(H,15,16)(H2,13,14,17). The van der Waals surface area contributed by atoms with E-state index in [1.54, 1.807) is 6.92 Å². The fraction of sp³-hybridized carbons (Fsp3) is 0.833. The zero-order valence-electron chi connectivity index (χ0n) is 10.5. The molecular formula is C12H22N2O3. The summed E-state index contributed by atoms with van der Waals surface area (Å²) in [4.78, 5) is 21.9. The lowest BCUT2D eigenvalue weighted by molar-refractivity contribution is -0.140. The van der Waals surface area contributed by atoms with Crippen LogP contribution in [0.15, 0.2) is 0 Å². The first kappa shape index (κ1) is 13.8. The molecule has 0 spiro atoms. The van der Waals surface area contributed by atoms with Crippen molar-refractivity contribution in [3.63, 3.8) is 0 Å². The van der Waals surface area contributed by atoms with E-state index in [0.29, 0.717) is 12.5 Å². The topological polar surface area (TPSA) is 78.4 Å². The molecule has 3 N–H and O–H groups in total. The van der Waals surface area contributed by atoms with Gasteiger partial charge in [0.15, 0.2) is 0 Å². The molecule has 17 heavy (non-hydrogen) atoms. The summed E-state index contributed by atoms with van der Waals surface area (Å²) in [5.41, 5.74) is 0. The molecule has 0 heterocycles. The largest absolute Gasteiger partial charge is 0.481 e. The molecular weight excluding hydrogens is 220 g/mol. The minimum absolute atomic E-state index is 0.169. The number of rotatable bonds is 5. The Labute approximate surface area is 102 Å². The van der Waals surface area contributed by atoms with Crippen LogP contribution in [0.4, 0.5) is 4.79 Å². The molecule has 5 heteroatoms. The van der Waals surface area contributed by atoms with Crippen LogP contribution in [0, 0.1) is 17.8 Å². The van der Waals surface area contributed by atoms with E-state index in [0.717, 1.165) is 5.92 Å². The summed E-state index contributed by atoms with van der Waals surface area (Å²) in [6.45, 7) is 4.66. The second-order valence-corrected chi connectivity index (χ2v) is 5.11. The van der Waals surface area contributed by atoms with Gasteiger partial charge in [0, 0.05) is 13.1 Å². The first-order chi connectivity index (χ1) is 7.99. The van der Waals surface area contributed by atoms with Crippen LogP contribution < -0.4 is 10.6 Å². The maximum absolute atomic E-state index is 11.4. The lowest BCUT2D eigenvalue weighted by Crippen LogP contribution is -2.40. The molecule has 1 aliphatic rings. The van der Waals surface area contributed by atoms with E-state index < -0.39 is 11.9 Å². The highest BCUT2D eigenvalue weighted by Gasteiger charge is 2.21. The van der Waals surface area contributed by atoms with Crippen molar-refractivity contribution in [2.45, 2.75) is 33.1 Å². The summed E-state index contributed by atoms with van der Waals surface area (Å²) in [5, 5.41) is 14.0. The third kappa shape index (κ3) is 5.06. The average molecular weight is 242 g/mol. The van der Waals surface area contributed by atoms with Crippen molar-refractivity contribution in [3.05, 3.63) is 0 Å². The fourth-order valence-corrected chi connectivity index (χ4v) is 2.14. The molecule has 3 atom stereocenters. The van der Waals surface area contributed by atoms with Crippen LogP contribution in [0.25, 0.3) is 0 Å². The average Bonchev–Trinajstić information content (AvgIpc) is 2.69. The van der Waals surface area contributed by atoms with Crippen molar-refractivity contribution >= 4 is 12.0 Å². The van der Waals surface area contributed by atoms with Gasteiger partial charge in [-0.2, -0.15) is 0 Å². The van der Waals surface area contributed by atoms with Crippen LogP contribution in [0.3, 0.4) is 0 Å².